The number of likely N-dealkylation sites (N-methyl/N-ethyl adjacent to an activating group) is 1. The summed E-state index contributed by atoms with van der Waals surface area (Å²) in [7, 11) is 3.85. The number of nitrogens with zero attached hydrogens (tertiary/aromatic N) is 6. The molecule has 1 aliphatic carbocycles. The van der Waals surface area contributed by atoms with Crippen LogP contribution >= 0.6 is 0 Å². The minimum Gasteiger partial charge on any atom is -0.352 e. The van der Waals surface area contributed by atoms with Crippen LogP contribution in [0.3, 0.4) is 0 Å². The highest BCUT2D eigenvalue weighted by atomic mass is 16.1. The van der Waals surface area contributed by atoms with Gasteiger partial charge in [0, 0.05) is 44.8 Å². The zero-order chi connectivity index (χ0) is 16.7. The Balaban J connectivity index is 1.32. The minimum atomic E-state index is -0.0792. The van der Waals surface area contributed by atoms with Gasteiger partial charge in [0.05, 0.1) is 17.6 Å². The van der Waals surface area contributed by atoms with Gasteiger partial charge in [-0.3, -0.25) is 14.7 Å². The highest BCUT2D eigenvalue weighted by Crippen LogP contribution is 2.38. The summed E-state index contributed by atoms with van der Waals surface area (Å²) in [6.45, 7) is 2.62. The van der Waals surface area contributed by atoms with Gasteiger partial charge in [-0.2, -0.15) is 5.10 Å². The van der Waals surface area contributed by atoms with E-state index in [1.807, 2.05) is 0 Å². The molecule has 126 valence electrons. The molecule has 0 unspecified atom stereocenters. The van der Waals surface area contributed by atoms with Crippen LogP contribution in [0.5, 0.6) is 0 Å². The predicted octanol–water partition coefficient (Wildman–Crippen LogP) is 0.768. The Labute approximate surface area is 140 Å². The first-order chi connectivity index (χ1) is 11.6. The molecular weight excluding hydrogens is 304 g/mol. The molecule has 7 nitrogen and oxygen atoms in total. The summed E-state index contributed by atoms with van der Waals surface area (Å²) >= 11 is 0. The topological polar surface area (TPSA) is 67.2 Å². The first-order valence-corrected chi connectivity index (χ1v) is 8.40. The molecule has 2 aliphatic rings. The second-order valence-corrected chi connectivity index (χ2v) is 6.89. The van der Waals surface area contributed by atoms with Gasteiger partial charge in [-0.15, -0.1) is 5.10 Å². The van der Waals surface area contributed by atoms with Crippen molar-refractivity contribution in [2.45, 2.75) is 31.3 Å². The molecule has 1 aliphatic heterocycles. The molecular formula is C17H22N6O. The maximum Gasteiger partial charge on any atom is 0.268 e. The molecule has 2 fully saturated rings. The van der Waals surface area contributed by atoms with Crippen LogP contribution in [0.4, 0.5) is 5.82 Å². The lowest BCUT2D eigenvalue weighted by Crippen LogP contribution is -2.58. The quantitative estimate of drug-likeness (QED) is 0.808. The maximum absolute atomic E-state index is 11.4. The van der Waals surface area contributed by atoms with Crippen molar-refractivity contribution in [2.24, 2.45) is 7.05 Å². The van der Waals surface area contributed by atoms with Crippen LogP contribution in [0.2, 0.25) is 0 Å². The Hall–Kier alpha value is -2.28. The Morgan fingerprint density at radius 2 is 2.04 bits per heavy atom. The molecule has 0 aromatic carbocycles. The van der Waals surface area contributed by atoms with E-state index < -0.39 is 0 Å². The van der Waals surface area contributed by atoms with Crippen LogP contribution in [0.15, 0.2) is 29.3 Å². The standard InChI is InChI=1S/C17H22N6O/c1-21(8-13-9-22(2)17(24)7-18-13)14-10-23(11-14)16-6-5-15(19-20-16)12-3-4-12/h5-7,9,12,14H,3-4,8,10-11H2,1-2H3. The summed E-state index contributed by atoms with van der Waals surface area (Å²) in [4.78, 5) is 20.1. The van der Waals surface area contributed by atoms with Gasteiger partial charge in [-0.05, 0) is 32.0 Å². The van der Waals surface area contributed by atoms with Crippen molar-refractivity contribution >= 4 is 5.82 Å². The molecule has 0 radical (unpaired) electrons. The average Bonchev–Trinajstić information content (AvgIpc) is 3.35. The van der Waals surface area contributed by atoms with E-state index >= 15 is 0 Å². The lowest BCUT2D eigenvalue weighted by molar-refractivity contribution is 0.194. The molecule has 0 N–H and O–H groups in total. The second kappa shape index (κ2) is 5.98. The van der Waals surface area contributed by atoms with E-state index in [1.165, 1.54) is 19.0 Å². The van der Waals surface area contributed by atoms with Crippen molar-refractivity contribution in [3.63, 3.8) is 0 Å². The highest BCUT2D eigenvalue weighted by Gasteiger charge is 2.32. The van der Waals surface area contributed by atoms with Gasteiger partial charge < -0.3 is 9.47 Å². The summed E-state index contributed by atoms with van der Waals surface area (Å²) in [5.41, 5.74) is 1.96. The molecule has 24 heavy (non-hydrogen) atoms. The molecule has 0 amide bonds. The molecule has 1 saturated heterocycles. The molecule has 0 atom stereocenters. The summed E-state index contributed by atoms with van der Waals surface area (Å²) in [5.74, 6) is 1.61. The zero-order valence-corrected chi connectivity index (χ0v) is 14.1. The average molecular weight is 326 g/mol. The van der Waals surface area contributed by atoms with E-state index in [1.54, 1.807) is 17.8 Å². The molecule has 7 heteroatoms. The Bertz CT molecular complexity index is 776. The largest absolute Gasteiger partial charge is 0.352 e. The SMILES string of the molecule is CN(Cc1cn(C)c(=O)cn1)C1CN(c2ccc(C3CC3)nn2)C1. The van der Waals surface area contributed by atoms with E-state index in [0.29, 0.717) is 12.0 Å². The van der Waals surface area contributed by atoms with Crippen molar-refractivity contribution in [3.8, 4) is 0 Å². The first kappa shape index (κ1) is 15.3. The van der Waals surface area contributed by atoms with Crippen LogP contribution in [-0.2, 0) is 13.6 Å². The van der Waals surface area contributed by atoms with Gasteiger partial charge in [-0.25, -0.2) is 0 Å². The van der Waals surface area contributed by atoms with E-state index in [4.69, 9.17) is 0 Å². The number of hydrogen-bond acceptors (Lipinski definition) is 6. The zero-order valence-electron chi connectivity index (χ0n) is 14.1. The van der Waals surface area contributed by atoms with Crippen LogP contribution in [0.25, 0.3) is 0 Å². The van der Waals surface area contributed by atoms with Gasteiger partial charge in [0.25, 0.3) is 5.56 Å². The predicted molar refractivity (Wildman–Crippen MR) is 91.0 cm³/mol. The lowest BCUT2D eigenvalue weighted by atomic mass is 10.1. The molecule has 3 heterocycles. The van der Waals surface area contributed by atoms with Crippen molar-refractivity contribution in [3.05, 3.63) is 46.3 Å². The van der Waals surface area contributed by atoms with Crippen LogP contribution < -0.4 is 10.5 Å². The smallest absolute Gasteiger partial charge is 0.268 e. The lowest BCUT2D eigenvalue weighted by Gasteiger charge is -2.44. The molecule has 0 spiro atoms. The second-order valence-electron chi connectivity index (χ2n) is 6.89. The summed E-state index contributed by atoms with van der Waals surface area (Å²) in [6, 6.07) is 4.67. The Morgan fingerprint density at radius 1 is 1.25 bits per heavy atom. The van der Waals surface area contributed by atoms with E-state index in [2.05, 4.69) is 44.2 Å². The number of aromatic nitrogens is 4. The number of rotatable bonds is 5. The maximum atomic E-state index is 11.4. The Kier molecular flexibility index (Phi) is 3.80. The summed E-state index contributed by atoms with van der Waals surface area (Å²) < 4.78 is 1.57. The third-order valence-corrected chi connectivity index (χ3v) is 4.92. The first-order valence-electron chi connectivity index (χ1n) is 8.40. The fourth-order valence-electron chi connectivity index (χ4n) is 3.04. The van der Waals surface area contributed by atoms with Gasteiger partial charge >= 0.3 is 0 Å². The fraction of sp³-hybridized carbons (Fsp3) is 0.529. The van der Waals surface area contributed by atoms with E-state index in [9.17, 15) is 4.79 Å². The van der Waals surface area contributed by atoms with Crippen LogP contribution in [-0.4, -0.2) is 50.8 Å². The number of anilines is 1. The molecule has 0 bridgehead atoms. The normalized spacial score (nSPS) is 18.0. The molecule has 2 aromatic heterocycles. The third-order valence-electron chi connectivity index (χ3n) is 4.92. The van der Waals surface area contributed by atoms with E-state index in [0.717, 1.165) is 36.8 Å². The molecule has 1 saturated carbocycles. The summed E-state index contributed by atoms with van der Waals surface area (Å²) in [6.07, 6.45) is 5.69. The van der Waals surface area contributed by atoms with Crippen molar-refractivity contribution < 1.29 is 0 Å². The monoisotopic (exact) mass is 326 g/mol. The van der Waals surface area contributed by atoms with Crippen molar-refractivity contribution in [2.75, 3.05) is 25.0 Å². The Morgan fingerprint density at radius 3 is 2.67 bits per heavy atom. The summed E-state index contributed by atoms with van der Waals surface area (Å²) in [5, 5.41) is 8.72. The van der Waals surface area contributed by atoms with Crippen LogP contribution in [0, 0.1) is 0 Å². The third kappa shape index (κ3) is 3.03. The molecule has 4 rings (SSSR count). The van der Waals surface area contributed by atoms with E-state index in [-0.39, 0.29) is 5.56 Å². The number of aryl methyl sites for hydroxylation is 1. The number of hydrogen-bond donors (Lipinski definition) is 0. The highest BCUT2D eigenvalue weighted by molar-refractivity contribution is 5.42. The van der Waals surface area contributed by atoms with Crippen molar-refractivity contribution in [1.82, 2.24) is 24.6 Å². The van der Waals surface area contributed by atoms with Crippen LogP contribution in [0.1, 0.15) is 30.1 Å². The van der Waals surface area contributed by atoms with Crippen molar-refractivity contribution in [1.29, 1.82) is 0 Å². The van der Waals surface area contributed by atoms with Gasteiger partial charge in [0.1, 0.15) is 0 Å². The van der Waals surface area contributed by atoms with Gasteiger partial charge in [0.15, 0.2) is 5.82 Å². The van der Waals surface area contributed by atoms with Gasteiger partial charge in [-0.1, -0.05) is 0 Å². The minimum absolute atomic E-state index is 0.0792. The fourth-order valence-corrected chi connectivity index (χ4v) is 3.04. The van der Waals surface area contributed by atoms with Gasteiger partial charge in [0.2, 0.25) is 0 Å². The molecule has 2 aromatic rings.